The van der Waals surface area contributed by atoms with Crippen molar-refractivity contribution < 1.29 is 0 Å². The van der Waals surface area contributed by atoms with E-state index in [4.69, 9.17) is 4.98 Å². The summed E-state index contributed by atoms with van der Waals surface area (Å²) >= 11 is 1.91. The van der Waals surface area contributed by atoms with E-state index in [9.17, 15) is 0 Å². The first-order chi connectivity index (χ1) is 10.3. The zero-order chi connectivity index (χ0) is 14.7. The summed E-state index contributed by atoms with van der Waals surface area (Å²) in [4.78, 5) is 6.26. The molecule has 5 heteroatoms. The molecule has 0 fully saturated rings. The maximum atomic E-state index is 4.77. The molecule has 0 amide bonds. The number of hydrogen-bond acceptors (Lipinski definition) is 4. The molecule has 0 bridgehead atoms. The fourth-order valence-corrected chi connectivity index (χ4v) is 4.16. The van der Waals surface area contributed by atoms with Crippen LogP contribution in [0.25, 0.3) is 0 Å². The predicted octanol–water partition coefficient (Wildman–Crippen LogP) is 3.34. The Balaban J connectivity index is 1.52. The standard InChI is InChI=1S/C16H24N4S/c1-3-15-19-14-8-4-7-13(16(14)21-15)17-9-5-6-12-10-18-20-11(12)2/h10,13,17H,3-9H2,1-2H3,(H,18,20). The van der Waals surface area contributed by atoms with Crippen molar-refractivity contribution in [2.45, 2.75) is 58.4 Å². The molecular weight excluding hydrogens is 280 g/mol. The number of thiazole rings is 1. The van der Waals surface area contributed by atoms with Crippen LogP contribution in [-0.4, -0.2) is 21.7 Å². The van der Waals surface area contributed by atoms with Crippen LogP contribution < -0.4 is 5.32 Å². The van der Waals surface area contributed by atoms with Crippen LogP contribution in [0.15, 0.2) is 6.20 Å². The van der Waals surface area contributed by atoms with E-state index in [1.165, 1.54) is 39.7 Å². The maximum absolute atomic E-state index is 4.77. The molecule has 4 nitrogen and oxygen atoms in total. The number of hydrogen-bond donors (Lipinski definition) is 2. The topological polar surface area (TPSA) is 53.6 Å². The van der Waals surface area contributed by atoms with Crippen LogP contribution >= 0.6 is 11.3 Å². The van der Waals surface area contributed by atoms with Gasteiger partial charge in [0.1, 0.15) is 0 Å². The third-order valence-electron chi connectivity index (χ3n) is 4.25. The smallest absolute Gasteiger partial charge is 0.0928 e. The van der Waals surface area contributed by atoms with E-state index in [1.54, 1.807) is 0 Å². The lowest BCUT2D eigenvalue weighted by atomic mass is 9.98. The highest BCUT2D eigenvalue weighted by atomic mass is 32.1. The number of nitrogens with zero attached hydrogens (tertiary/aromatic N) is 2. The van der Waals surface area contributed by atoms with Crippen LogP contribution in [0.1, 0.15) is 59.1 Å². The van der Waals surface area contributed by atoms with E-state index in [-0.39, 0.29) is 0 Å². The van der Waals surface area contributed by atoms with Gasteiger partial charge in [-0.1, -0.05) is 6.92 Å². The van der Waals surface area contributed by atoms with Crippen molar-refractivity contribution in [1.82, 2.24) is 20.5 Å². The Labute approximate surface area is 130 Å². The number of aromatic nitrogens is 3. The zero-order valence-electron chi connectivity index (χ0n) is 12.9. The third kappa shape index (κ3) is 3.35. The molecule has 114 valence electrons. The summed E-state index contributed by atoms with van der Waals surface area (Å²) < 4.78 is 0. The highest BCUT2D eigenvalue weighted by molar-refractivity contribution is 7.11. The molecule has 1 aliphatic carbocycles. The Morgan fingerprint density at radius 3 is 3.14 bits per heavy atom. The summed E-state index contributed by atoms with van der Waals surface area (Å²) in [5, 5.41) is 12.1. The number of H-pyrrole nitrogens is 1. The summed E-state index contributed by atoms with van der Waals surface area (Å²) in [5.74, 6) is 0. The molecule has 0 spiro atoms. The van der Waals surface area contributed by atoms with Crippen LogP contribution in [-0.2, 0) is 19.3 Å². The van der Waals surface area contributed by atoms with Gasteiger partial charge in [-0.05, 0) is 57.6 Å². The Kier molecular flexibility index (Phi) is 4.70. The molecule has 2 aromatic heterocycles. The SMILES string of the molecule is CCc1nc2c(s1)C(NCCCc1cn[nH]c1C)CCC2. The van der Waals surface area contributed by atoms with Gasteiger partial charge >= 0.3 is 0 Å². The molecule has 0 saturated heterocycles. The Bertz CT molecular complexity index is 587. The van der Waals surface area contributed by atoms with Crippen LogP contribution in [0.5, 0.6) is 0 Å². The number of fused-ring (bicyclic) bond motifs is 1. The van der Waals surface area contributed by atoms with Crippen LogP contribution in [0.4, 0.5) is 0 Å². The summed E-state index contributed by atoms with van der Waals surface area (Å²) in [5.41, 5.74) is 3.89. The van der Waals surface area contributed by atoms with Crippen LogP contribution in [0, 0.1) is 6.92 Å². The number of rotatable bonds is 6. The summed E-state index contributed by atoms with van der Waals surface area (Å²) in [6, 6.07) is 0.525. The average Bonchev–Trinajstić information content (AvgIpc) is 3.09. The molecule has 2 heterocycles. The Hall–Kier alpha value is -1.20. The number of aromatic amines is 1. The van der Waals surface area contributed by atoms with Gasteiger partial charge in [-0.3, -0.25) is 5.10 Å². The van der Waals surface area contributed by atoms with E-state index in [0.29, 0.717) is 6.04 Å². The van der Waals surface area contributed by atoms with Gasteiger partial charge in [0.05, 0.1) is 16.9 Å². The van der Waals surface area contributed by atoms with Crippen LogP contribution in [0.3, 0.4) is 0 Å². The first-order valence-corrected chi connectivity index (χ1v) is 8.80. The minimum absolute atomic E-state index is 0.525. The normalized spacial score (nSPS) is 17.9. The molecule has 0 radical (unpaired) electrons. The van der Waals surface area contributed by atoms with E-state index in [2.05, 4.69) is 29.4 Å². The van der Waals surface area contributed by atoms with Gasteiger partial charge in [-0.2, -0.15) is 5.10 Å². The molecule has 1 atom stereocenters. The molecule has 3 rings (SSSR count). The second-order valence-electron chi connectivity index (χ2n) is 5.79. The van der Waals surface area contributed by atoms with Crippen molar-refractivity contribution in [3.8, 4) is 0 Å². The molecule has 2 N–H and O–H groups in total. The van der Waals surface area contributed by atoms with E-state index >= 15 is 0 Å². The first-order valence-electron chi connectivity index (χ1n) is 7.98. The van der Waals surface area contributed by atoms with E-state index in [1.807, 2.05) is 17.5 Å². The van der Waals surface area contributed by atoms with Gasteiger partial charge in [0.25, 0.3) is 0 Å². The van der Waals surface area contributed by atoms with Crippen molar-refractivity contribution in [3.63, 3.8) is 0 Å². The van der Waals surface area contributed by atoms with Gasteiger partial charge in [-0.25, -0.2) is 4.98 Å². The highest BCUT2D eigenvalue weighted by Crippen LogP contribution is 2.34. The molecule has 21 heavy (non-hydrogen) atoms. The minimum atomic E-state index is 0.525. The second-order valence-corrected chi connectivity index (χ2v) is 6.91. The molecule has 0 aliphatic heterocycles. The van der Waals surface area contributed by atoms with Crippen molar-refractivity contribution >= 4 is 11.3 Å². The average molecular weight is 304 g/mol. The van der Waals surface area contributed by atoms with E-state index in [0.717, 1.165) is 32.2 Å². The fraction of sp³-hybridized carbons (Fsp3) is 0.625. The molecule has 1 aliphatic rings. The summed E-state index contributed by atoms with van der Waals surface area (Å²) in [7, 11) is 0. The number of nitrogens with one attached hydrogen (secondary N) is 2. The Morgan fingerprint density at radius 1 is 1.48 bits per heavy atom. The minimum Gasteiger partial charge on any atom is -0.309 e. The zero-order valence-corrected chi connectivity index (χ0v) is 13.7. The van der Waals surface area contributed by atoms with E-state index < -0.39 is 0 Å². The first kappa shape index (κ1) is 14.7. The fourth-order valence-electron chi connectivity index (χ4n) is 3.00. The monoisotopic (exact) mass is 304 g/mol. The lowest BCUT2D eigenvalue weighted by Gasteiger charge is -2.22. The van der Waals surface area contributed by atoms with Gasteiger partial charge in [0.15, 0.2) is 0 Å². The molecule has 0 aromatic carbocycles. The Morgan fingerprint density at radius 2 is 2.38 bits per heavy atom. The van der Waals surface area contributed by atoms with Gasteiger partial charge in [0.2, 0.25) is 0 Å². The lowest BCUT2D eigenvalue weighted by Crippen LogP contribution is -2.25. The van der Waals surface area contributed by atoms with Gasteiger partial charge < -0.3 is 5.32 Å². The molecule has 2 aromatic rings. The van der Waals surface area contributed by atoms with Crippen molar-refractivity contribution in [2.24, 2.45) is 0 Å². The summed E-state index contributed by atoms with van der Waals surface area (Å²) in [6.07, 6.45) is 8.94. The lowest BCUT2D eigenvalue weighted by molar-refractivity contribution is 0.460. The van der Waals surface area contributed by atoms with Crippen molar-refractivity contribution in [3.05, 3.63) is 33.0 Å². The molecule has 0 saturated carbocycles. The quantitative estimate of drug-likeness (QED) is 0.805. The highest BCUT2D eigenvalue weighted by Gasteiger charge is 2.23. The second kappa shape index (κ2) is 6.71. The molecule has 1 unspecified atom stereocenters. The third-order valence-corrected chi connectivity index (χ3v) is 5.60. The largest absolute Gasteiger partial charge is 0.309 e. The predicted molar refractivity (Wildman–Crippen MR) is 86.8 cm³/mol. The van der Waals surface area contributed by atoms with Gasteiger partial charge in [0, 0.05) is 16.6 Å². The maximum Gasteiger partial charge on any atom is 0.0928 e. The molecular formula is C16H24N4S. The summed E-state index contributed by atoms with van der Waals surface area (Å²) in [6.45, 7) is 5.35. The van der Waals surface area contributed by atoms with Gasteiger partial charge in [-0.15, -0.1) is 11.3 Å². The van der Waals surface area contributed by atoms with Crippen molar-refractivity contribution in [1.29, 1.82) is 0 Å². The van der Waals surface area contributed by atoms with Crippen molar-refractivity contribution in [2.75, 3.05) is 6.54 Å². The van der Waals surface area contributed by atoms with Crippen LogP contribution in [0.2, 0.25) is 0 Å². The number of aryl methyl sites for hydroxylation is 4.